The summed E-state index contributed by atoms with van der Waals surface area (Å²) < 4.78 is 24.2. The van der Waals surface area contributed by atoms with Crippen molar-refractivity contribution >= 4 is 9.84 Å². The van der Waals surface area contributed by atoms with E-state index in [-0.39, 0.29) is 17.4 Å². The molecule has 0 bridgehead atoms. The maximum Gasteiger partial charge on any atom is 0.155 e. The summed E-state index contributed by atoms with van der Waals surface area (Å²) in [5.74, 6) is 0.948. The first kappa shape index (κ1) is 10.5. The summed E-state index contributed by atoms with van der Waals surface area (Å²) >= 11 is 0. The lowest BCUT2D eigenvalue weighted by Crippen LogP contribution is -2.17. The van der Waals surface area contributed by atoms with Gasteiger partial charge in [0.1, 0.15) is 0 Å². The maximum absolute atomic E-state index is 11.3. The van der Waals surface area contributed by atoms with Crippen LogP contribution in [0.3, 0.4) is 0 Å². The molecule has 0 spiro atoms. The summed E-state index contributed by atoms with van der Waals surface area (Å²) in [7, 11) is -2.89. The van der Waals surface area contributed by atoms with Gasteiger partial charge in [-0.3, -0.25) is 0 Å². The summed E-state index contributed by atoms with van der Waals surface area (Å²) in [5, 5.41) is 11.2. The smallest absolute Gasteiger partial charge is 0.155 e. The molecule has 1 aromatic rings. The van der Waals surface area contributed by atoms with Crippen molar-refractivity contribution in [2.75, 3.05) is 18.1 Å². The first-order valence-corrected chi connectivity index (χ1v) is 6.61. The second-order valence-corrected chi connectivity index (χ2v) is 5.88. The molecule has 84 valence electrons. The lowest BCUT2D eigenvalue weighted by molar-refractivity contribution is 0.547. The third-order valence-electron chi connectivity index (χ3n) is 2.50. The average molecular weight is 231 g/mol. The van der Waals surface area contributed by atoms with Crippen molar-refractivity contribution in [3.63, 3.8) is 0 Å². The molecule has 1 unspecified atom stereocenters. The van der Waals surface area contributed by atoms with Crippen molar-refractivity contribution in [2.45, 2.75) is 18.9 Å². The highest BCUT2D eigenvalue weighted by Crippen LogP contribution is 2.26. The fourth-order valence-corrected chi connectivity index (χ4v) is 3.52. The zero-order valence-corrected chi connectivity index (χ0v) is 9.02. The molecule has 8 heteroatoms. The zero-order valence-electron chi connectivity index (χ0n) is 8.20. The predicted molar refractivity (Wildman–Crippen MR) is 52.9 cm³/mol. The molecule has 0 saturated carbocycles. The molecule has 1 aliphatic rings. The van der Waals surface area contributed by atoms with Gasteiger partial charge in [-0.25, -0.2) is 13.1 Å². The molecular weight excluding hydrogens is 218 g/mol. The van der Waals surface area contributed by atoms with Gasteiger partial charge in [0, 0.05) is 12.5 Å². The Morgan fingerprint density at radius 2 is 2.33 bits per heavy atom. The van der Waals surface area contributed by atoms with Crippen molar-refractivity contribution in [3.8, 4) is 0 Å². The number of tetrazole rings is 1. The number of aromatic nitrogens is 4. The molecule has 15 heavy (non-hydrogen) atoms. The van der Waals surface area contributed by atoms with E-state index in [1.807, 2.05) is 0 Å². The Morgan fingerprint density at radius 3 is 2.93 bits per heavy atom. The van der Waals surface area contributed by atoms with Gasteiger partial charge < -0.3 is 5.73 Å². The van der Waals surface area contributed by atoms with Gasteiger partial charge in [-0.05, 0) is 16.8 Å². The van der Waals surface area contributed by atoms with Crippen LogP contribution in [0, 0.1) is 0 Å². The Balaban J connectivity index is 2.20. The highest BCUT2D eigenvalue weighted by atomic mass is 32.2. The van der Waals surface area contributed by atoms with Crippen molar-refractivity contribution in [3.05, 3.63) is 5.82 Å². The fourth-order valence-electron chi connectivity index (χ4n) is 1.78. The van der Waals surface area contributed by atoms with Gasteiger partial charge in [0.15, 0.2) is 15.7 Å². The van der Waals surface area contributed by atoms with Crippen molar-refractivity contribution in [1.82, 2.24) is 20.2 Å². The Hall–Kier alpha value is -1.02. The van der Waals surface area contributed by atoms with Gasteiger partial charge in [0.05, 0.1) is 18.1 Å². The second-order valence-electron chi connectivity index (χ2n) is 3.65. The molecule has 1 fully saturated rings. The summed E-state index contributed by atoms with van der Waals surface area (Å²) in [4.78, 5) is 0. The van der Waals surface area contributed by atoms with Crippen LogP contribution in [0.25, 0.3) is 0 Å². The Kier molecular flexibility index (Phi) is 2.70. The monoisotopic (exact) mass is 231 g/mol. The Morgan fingerprint density at radius 1 is 1.53 bits per heavy atom. The fraction of sp³-hybridized carbons (Fsp3) is 0.857. The van der Waals surface area contributed by atoms with E-state index in [1.54, 1.807) is 4.68 Å². The Bertz CT molecular complexity index is 440. The third kappa shape index (κ3) is 2.15. The van der Waals surface area contributed by atoms with Crippen LogP contribution in [0.2, 0.25) is 0 Å². The van der Waals surface area contributed by atoms with E-state index >= 15 is 0 Å². The van der Waals surface area contributed by atoms with E-state index in [2.05, 4.69) is 15.5 Å². The quantitative estimate of drug-likeness (QED) is 0.681. The molecule has 0 aliphatic carbocycles. The van der Waals surface area contributed by atoms with Crippen LogP contribution in [-0.2, 0) is 16.4 Å². The lowest BCUT2D eigenvalue weighted by atomic mass is 10.1. The Labute approximate surface area is 87.6 Å². The first-order chi connectivity index (χ1) is 7.12. The zero-order chi connectivity index (χ0) is 10.9. The number of rotatable bonds is 3. The third-order valence-corrected chi connectivity index (χ3v) is 4.27. The van der Waals surface area contributed by atoms with E-state index < -0.39 is 9.84 Å². The van der Waals surface area contributed by atoms with Crippen LogP contribution < -0.4 is 5.73 Å². The SMILES string of the molecule is NCCn1nnnc1C1CCS(=O)(=O)C1. The molecule has 2 rings (SSSR count). The van der Waals surface area contributed by atoms with Crippen LogP contribution in [0.1, 0.15) is 18.2 Å². The molecule has 0 radical (unpaired) electrons. The minimum Gasteiger partial charge on any atom is -0.329 e. The summed E-state index contributed by atoms with van der Waals surface area (Å²) in [6, 6.07) is 0. The van der Waals surface area contributed by atoms with E-state index in [0.29, 0.717) is 25.3 Å². The first-order valence-electron chi connectivity index (χ1n) is 4.79. The molecule has 1 aromatic heterocycles. The molecule has 1 atom stereocenters. The summed E-state index contributed by atoms with van der Waals surface area (Å²) in [6.07, 6.45) is 0.604. The number of nitrogens with two attached hydrogens (primary N) is 1. The molecular formula is C7H13N5O2S. The molecule has 7 nitrogen and oxygen atoms in total. The van der Waals surface area contributed by atoms with Crippen molar-refractivity contribution < 1.29 is 8.42 Å². The maximum atomic E-state index is 11.3. The van der Waals surface area contributed by atoms with Crippen LogP contribution in [0.5, 0.6) is 0 Å². The van der Waals surface area contributed by atoms with Crippen molar-refractivity contribution in [2.24, 2.45) is 5.73 Å². The van der Waals surface area contributed by atoms with Crippen LogP contribution >= 0.6 is 0 Å². The van der Waals surface area contributed by atoms with E-state index in [9.17, 15) is 8.42 Å². The number of nitrogens with zero attached hydrogens (tertiary/aromatic N) is 4. The normalized spacial score (nSPS) is 24.5. The van der Waals surface area contributed by atoms with Gasteiger partial charge in [-0.1, -0.05) is 0 Å². The van der Waals surface area contributed by atoms with E-state index in [1.165, 1.54) is 0 Å². The minimum absolute atomic E-state index is 0.0726. The molecule has 2 N–H and O–H groups in total. The van der Waals surface area contributed by atoms with Gasteiger partial charge in [0.25, 0.3) is 0 Å². The average Bonchev–Trinajstić information content (AvgIpc) is 2.72. The topological polar surface area (TPSA) is 104 Å². The van der Waals surface area contributed by atoms with Gasteiger partial charge in [-0.2, -0.15) is 0 Å². The molecule has 2 heterocycles. The van der Waals surface area contributed by atoms with Crippen molar-refractivity contribution in [1.29, 1.82) is 0 Å². The lowest BCUT2D eigenvalue weighted by Gasteiger charge is -2.06. The van der Waals surface area contributed by atoms with E-state index in [0.717, 1.165) is 0 Å². The highest BCUT2D eigenvalue weighted by molar-refractivity contribution is 7.91. The van der Waals surface area contributed by atoms with Crippen LogP contribution in [0.15, 0.2) is 0 Å². The largest absolute Gasteiger partial charge is 0.329 e. The van der Waals surface area contributed by atoms with E-state index in [4.69, 9.17) is 5.73 Å². The minimum atomic E-state index is -2.89. The number of hydrogen-bond donors (Lipinski definition) is 1. The van der Waals surface area contributed by atoms with Gasteiger partial charge in [0.2, 0.25) is 0 Å². The molecule has 0 amide bonds. The van der Waals surface area contributed by atoms with Crippen LogP contribution in [-0.4, -0.2) is 46.7 Å². The molecule has 0 aromatic carbocycles. The second kappa shape index (κ2) is 3.86. The molecule has 1 saturated heterocycles. The standard InChI is InChI=1S/C7H13N5O2S/c8-2-3-12-7(9-10-11-12)6-1-4-15(13,14)5-6/h6H,1-5,8H2. The summed E-state index contributed by atoms with van der Waals surface area (Å²) in [6.45, 7) is 0.969. The summed E-state index contributed by atoms with van der Waals surface area (Å²) in [5.41, 5.74) is 5.41. The number of sulfone groups is 1. The number of hydrogen-bond acceptors (Lipinski definition) is 6. The highest BCUT2D eigenvalue weighted by Gasteiger charge is 2.32. The van der Waals surface area contributed by atoms with Gasteiger partial charge in [-0.15, -0.1) is 5.10 Å². The van der Waals surface area contributed by atoms with Gasteiger partial charge >= 0.3 is 0 Å². The van der Waals surface area contributed by atoms with Crippen LogP contribution in [0.4, 0.5) is 0 Å². The molecule has 1 aliphatic heterocycles. The predicted octanol–water partition coefficient (Wildman–Crippen LogP) is -1.47.